The summed E-state index contributed by atoms with van der Waals surface area (Å²) in [5.41, 5.74) is 4.64. The maximum atomic E-state index is 11.5. The first kappa shape index (κ1) is 14.8. The van der Waals surface area contributed by atoms with E-state index in [4.69, 9.17) is 10.6 Å². The van der Waals surface area contributed by atoms with Crippen LogP contribution in [0.2, 0.25) is 0 Å². The van der Waals surface area contributed by atoms with Gasteiger partial charge in [-0.2, -0.15) is 0 Å². The molecule has 0 bridgehead atoms. The highest BCUT2D eigenvalue weighted by atomic mass is 16.5. The lowest BCUT2D eigenvalue weighted by Gasteiger charge is -2.27. The minimum Gasteiger partial charge on any atom is -0.369 e. The summed E-state index contributed by atoms with van der Waals surface area (Å²) >= 11 is 0. The van der Waals surface area contributed by atoms with Crippen LogP contribution in [0.3, 0.4) is 0 Å². The molecule has 1 aromatic carbocycles. The van der Waals surface area contributed by atoms with Crippen LogP contribution in [0.25, 0.3) is 0 Å². The van der Waals surface area contributed by atoms with Gasteiger partial charge in [0, 0.05) is 18.8 Å². The van der Waals surface area contributed by atoms with Crippen LogP contribution in [-0.4, -0.2) is 31.2 Å². The monoisotopic (exact) mass is 277 g/mol. The summed E-state index contributed by atoms with van der Waals surface area (Å²) in [5, 5.41) is 0. The number of para-hydroxylation sites is 1. The molecule has 2 rings (SSSR count). The van der Waals surface area contributed by atoms with E-state index in [9.17, 15) is 4.79 Å². The first-order chi connectivity index (χ1) is 9.65. The number of amides is 1. The first-order valence-corrected chi connectivity index (χ1v) is 7.12. The van der Waals surface area contributed by atoms with Crippen molar-refractivity contribution in [3.05, 3.63) is 29.8 Å². The topological polar surface area (TPSA) is 67.6 Å². The lowest BCUT2D eigenvalue weighted by Crippen LogP contribution is -2.40. The number of carbonyl (C=O) groups excluding carboxylic acids is 1. The fourth-order valence-electron chi connectivity index (χ4n) is 2.69. The number of nitrogens with one attached hydrogen (secondary N) is 1. The molecule has 2 atom stereocenters. The lowest BCUT2D eigenvalue weighted by molar-refractivity contribution is -0.131. The van der Waals surface area contributed by atoms with Crippen LogP contribution < -0.4 is 16.2 Å². The average Bonchev–Trinajstić information content (AvgIpc) is 2.93. The van der Waals surface area contributed by atoms with E-state index < -0.39 is 6.10 Å². The minimum atomic E-state index is -0.402. The van der Waals surface area contributed by atoms with Crippen molar-refractivity contribution in [3.63, 3.8) is 0 Å². The number of nitrogens with zero attached hydrogens (tertiary/aromatic N) is 1. The summed E-state index contributed by atoms with van der Waals surface area (Å²) < 4.78 is 5.77. The van der Waals surface area contributed by atoms with E-state index in [0.29, 0.717) is 0 Å². The van der Waals surface area contributed by atoms with E-state index in [2.05, 4.69) is 36.3 Å². The number of benzene rings is 1. The predicted molar refractivity (Wildman–Crippen MR) is 79.3 cm³/mol. The second-order valence-electron chi connectivity index (χ2n) is 5.16. The Morgan fingerprint density at radius 1 is 1.45 bits per heavy atom. The van der Waals surface area contributed by atoms with Gasteiger partial charge in [-0.15, -0.1) is 0 Å². The first-order valence-electron chi connectivity index (χ1n) is 7.12. The third-order valence-electron chi connectivity index (χ3n) is 3.80. The van der Waals surface area contributed by atoms with Crippen LogP contribution in [0.5, 0.6) is 0 Å². The number of ether oxygens (including phenoxy) is 1. The summed E-state index contributed by atoms with van der Waals surface area (Å²) in [4.78, 5) is 13.8. The Labute approximate surface area is 120 Å². The number of carbonyl (C=O) groups is 1. The molecule has 3 N–H and O–H groups in total. The SMILES string of the molecule is CCN(CC1CCC(C(=O)NN)O1)c1ccccc1C. The van der Waals surface area contributed by atoms with Crippen LogP contribution in [0.15, 0.2) is 24.3 Å². The van der Waals surface area contributed by atoms with Crippen molar-refractivity contribution in [1.29, 1.82) is 0 Å². The molecule has 2 unspecified atom stereocenters. The van der Waals surface area contributed by atoms with Gasteiger partial charge in [-0.05, 0) is 38.3 Å². The maximum absolute atomic E-state index is 11.5. The maximum Gasteiger partial charge on any atom is 0.263 e. The molecule has 0 spiro atoms. The smallest absolute Gasteiger partial charge is 0.263 e. The van der Waals surface area contributed by atoms with Gasteiger partial charge in [-0.25, -0.2) is 5.84 Å². The summed E-state index contributed by atoms with van der Waals surface area (Å²) in [6.07, 6.45) is 1.30. The van der Waals surface area contributed by atoms with Gasteiger partial charge in [-0.1, -0.05) is 18.2 Å². The predicted octanol–water partition coefficient (Wildman–Crippen LogP) is 1.36. The summed E-state index contributed by atoms with van der Waals surface area (Å²) in [6, 6.07) is 8.32. The second-order valence-corrected chi connectivity index (χ2v) is 5.16. The number of nitrogens with two attached hydrogens (primary N) is 1. The Balaban J connectivity index is 1.98. The van der Waals surface area contributed by atoms with Crippen molar-refractivity contribution >= 4 is 11.6 Å². The van der Waals surface area contributed by atoms with Crippen molar-refractivity contribution in [3.8, 4) is 0 Å². The average molecular weight is 277 g/mol. The molecule has 20 heavy (non-hydrogen) atoms. The molecule has 0 saturated carbocycles. The Kier molecular flexibility index (Phi) is 4.98. The molecular weight excluding hydrogens is 254 g/mol. The minimum absolute atomic E-state index is 0.0804. The van der Waals surface area contributed by atoms with Crippen LogP contribution in [-0.2, 0) is 9.53 Å². The summed E-state index contributed by atoms with van der Waals surface area (Å²) in [6.45, 7) is 5.96. The van der Waals surface area contributed by atoms with Crippen molar-refractivity contribution in [1.82, 2.24) is 5.43 Å². The number of hydrazine groups is 1. The van der Waals surface area contributed by atoms with E-state index in [1.165, 1.54) is 11.3 Å². The molecule has 5 nitrogen and oxygen atoms in total. The lowest BCUT2D eigenvalue weighted by atomic mass is 10.1. The van der Waals surface area contributed by atoms with Gasteiger partial charge in [0.15, 0.2) is 0 Å². The molecule has 1 saturated heterocycles. The standard InChI is InChI=1S/C15H23N3O2/c1-3-18(13-7-5-4-6-11(13)2)10-12-8-9-14(20-12)15(19)17-16/h4-7,12,14H,3,8-10,16H2,1-2H3,(H,17,19). The molecule has 0 aromatic heterocycles. The van der Waals surface area contributed by atoms with Crippen molar-refractivity contribution < 1.29 is 9.53 Å². The highest BCUT2D eigenvalue weighted by molar-refractivity contribution is 5.80. The number of aryl methyl sites for hydroxylation is 1. The van der Waals surface area contributed by atoms with Crippen molar-refractivity contribution in [2.45, 2.75) is 38.9 Å². The Bertz CT molecular complexity index is 464. The normalized spacial score (nSPS) is 21.8. The summed E-state index contributed by atoms with van der Waals surface area (Å²) in [7, 11) is 0. The van der Waals surface area contributed by atoms with Crippen molar-refractivity contribution in [2.75, 3.05) is 18.0 Å². The number of anilines is 1. The summed E-state index contributed by atoms with van der Waals surface area (Å²) in [5.74, 6) is 4.92. The molecule has 0 radical (unpaired) electrons. The van der Waals surface area contributed by atoms with E-state index in [0.717, 1.165) is 25.9 Å². The number of rotatable bonds is 5. The molecule has 1 fully saturated rings. The van der Waals surface area contributed by atoms with Gasteiger partial charge in [0.25, 0.3) is 5.91 Å². The molecule has 110 valence electrons. The zero-order valence-electron chi connectivity index (χ0n) is 12.1. The second kappa shape index (κ2) is 6.72. The van der Waals surface area contributed by atoms with Gasteiger partial charge in [-0.3, -0.25) is 10.2 Å². The molecule has 5 heteroatoms. The van der Waals surface area contributed by atoms with Crippen LogP contribution in [0.4, 0.5) is 5.69 Å². The Hall–Kier alpha value is -1.59. The van der Waals surface area contributed by atoms with Crippen LogP contribution in [0, 0.1) is 6.92 Å². The van der Waals surface area contributed by atoms with E-state index in [-0.39, 0.29) is 12.0 Å². The molecule has 1 aromatic rings. The van der Waals surface area contributed by atoms with Crippen LogP contribution in [0.1, 0.15) is 25.3 Å². The van der Waals surface area contributed by atoms with Gasteiger partial charge < -0.3 is 9.64 Å². The number of hydrogen-bond acceptors (Lipinski definition) is 4. The van der Waals surface area contributed by atoms with Gasteiger partial charge in [0.1, 0.15) is 6.10 Å². The van der Waals surface area contributed by atoms with E-state index >= 15 is 0 Å². The zero-order valence-corrected chi connectivity index (χ0v) is 12.1. The largest absolute Gasteiger partial charge is 0.369 e. The van der Waals surface area contributed by atoms with Gasteiger partial charge in [0.05, 0.1) is 6.10 Å². The Morgan fingerprint density at radius 2 is 2.20 bits per heavy atom. The van der Waals surface area contributed by atoms with E-state index in [1.54, 1.807) is 0 Å². The molecule has 1 heterocycles. The third kappa shape index (κ3) is 3.29. The molecular formula is C15H23N3O2. The fourth-order valence-corrected chi connectivity index (χ4v) is 2.69. The van der Waals surface area contributed by atoms with Gasteiger partial charge in [0.2, 0.25) is 0 Å². The Morgan fingerprint density at radius 3 is 2.85 bits per heavy atom. The number of likely N-dealkylation sites (N-methyl/N-ethyl adjacent to an activating group) is 1. The van der Waals surface area contributed by atoms with E-state index in [1.807, 2.05) is 12.1 Å². The molecule has 1 aliphatic heterocycles. The van der Waals surface area contributed by atoms with Gasteiger partial charge >= 0.3 is 0 Å². The molecule has 0 aliphatic carbocycles. The molecule has 1 amide bonds. The fraction of sp³-hybridized carbons (Fsp3) is 0.533. The molecule has 1 aliphatic rings. The number of hydrogen-bond donors (Lipinski definition) is 2. The van der Waals surface area contributed by atoms with Crippen LogP contribution >= 0.6 is 0 Å². The van der Waals surface area contributed by atoms with Crippen molar-refractivity contribution in [2.24, 2.45) is 5.84 Å². The third-order valence-corrected chi connectivity index (χ3v) is 3.80. The highest BCUT2D eigenvalue weighted by Gasteiger charge is 2.31. The zero-order chi connectivity index (χ0) is 14.5. The quantitative estimate of drug-likeness (QED) is 0.484. The highest BCUT2D eigenvalue weighted by Crippen LogP contribution is 2.24.